The lowest BCUT2D eigenvalue weighted by Gasteiger charge is -2.18. The van der Waals surface area contributed by atoms with Gasteiger partial charge in [0, 0.05) is 44.5 Å². The number of carbonyl (C=O) groups is 1. The fourth-order valence-corrected chi connectivity index (χ4v) is 3.58. The van der Waals surface area contributed by atoms with E-state index >= 15 is 0 Å². The molecule has 0 aromatic carbocycles. The summed E-state index contributed by atoms with van der Waals surface area (Å²) >= 11 is 0. The number of aryl methyl sites for hydroxylation is 1. The summed E-state index contributed by atoms with van der Waals surface area (Å²) in [5.74, 6) is 0.864. The van der Waals surface area contributed by atoms with Crippen LogP contribution in [-0.2, 0) is 12.8 Å². The van der Waals surface area contributed by atoms with Gasteiger partial charge in [0.25, 0.3) is 5.91 Å². The van der Waals surface area contributed by atoms with E-state index in [4.69, 9.17) is 9.97 Å². The van der Waals surface area contributed by atoms with E-state index in [9.17, 15) is 4.79 Å². The van der Waals surface area contributed by atoms with E-state index in [-0.39, 0.29) is 5.91 Å². The van der Waals surface area contributed by atoms with Crippen molar-refractivity contribution in [2.24, 2.45) is 0 Å². The summed E-state index contributed by atoms with van der Waals surface area (Å²) in [6.07, 6.45) is 5.62. The van der Waals surface area contributed by atoms with Gasteiger partial charge in [0.15, 0.2) is 0 Å². The fourth-order valence-electron chi connectivity index (χ4n) is 3.58. The van der Waals surface area contributed by atoms with Crippen molar-refractivity contribution in [3.8, 4) is 0 Å². The first-order valence-electron chi connectivity index (χ1n) is 8.62. The molecular formula is C17H22N6O. The van der Waals surface area contributed by atoms with Gasteiger partial charge in [-0.05, 0) is 37.8 Å². The van der Waals surface area contributed by atoms with Gasteiger partial charge in [0.1, 0.15) is 5.69 Å². The predicted octanol–water partition coefficient (Wildman–Crippen LogP) is 1.35. The van der Waals surface area contributed by atoms with Crippen LogP contribution in [0.1, 0.15) is 40.3 Å². The Hall–Kier alpha value is -2.44. The summed E-state index contributed by atoms with van der Waals surface area (Å²) in [7, 11) is 0. The second-order valence-electron chi connectivity index (χ2n) is 6.49. The first-order chi connectivity index (χ1) is 11.7. The molecule has 4 rings (SSSR count). The van der Waals surface area contributed by atoms with Crippen molar-refractivity contribution in [1.29, 1.82) is 0 Å². The van der Waals surface area contributed by atoms with E-state index in [0.717, 1.165) is 43.3 Å². The Kier molecular flexibility index (Phi) is 3.92. The van der Waals surface area contributed by atoms with E-state index in [1.165, 1.54) is 18.4 Å². The number of nitrogens with zero attached hydrogens (tertiary/aromatic N) is 5. The van der Waals surface area contributed by atoms with Crippen LogP contribution in [0.3, 0.4) is 0 Å². The van der Waals surface area contributed by atoms with Crippen molar-refractivity contribution in [3.63, 3.8) is 0 Å². The third-order valence-electron chi connectivity index (χ3n) is 4.95. The van der Waals surface area contributed by atoms with Crippen LogP contribution in [-0.4, -0.2) is 57.2 Å². The maximum atomic E-state index is 12.5. The number of hydrogen-bond acceptors (Lipinski definition) is 5. The van der Waals surface area contributed by atoms with Crippen molar-refractivity contribution < 1.29 is 4.79 Å². The van der Waals surface area contributed by atoms with Crippen LogP contribution in [0.25, 0.3) is 0 Å². The highest BCUT2D eigenvalue weighted by molar-refractivity contribution is 5.92. The lowest BCUT2D eigenvalue weighted by atomic mass is 10.1. The molecule has 0 bridgehead atoms. The fraction of sp³-hybridized carbons (Fsp3) is 0.529. The topological polar surface area (TPSA) is 78.0 Å². The Labute approximate surface area is 141 Å². The second-order valence-corrected chi connectivity index (χ2v) is 6.49. The molecule has 2 aliphatic heterocycles. The normalized spacial score (nSPS) is 17.7. The predicted molar refractivity (Wildman–Crippen MR) is 90.1 cm³/mol. The maximum Gasteiger partial charge on any atom is 0.271 e. The molecule has 0 aliphatic carbocycles. The van der Waals surface area contributed by atoms with Gasteiger partial charge in [-0.15, -0.1) is 0 Å². The van der Waals surface area contributed by atoms with Gasteiger partial charge in [-0.1, -0.05) is 0 Å². The van der Waals surface area contributed by atoms with Crippen molar-refractivity contribution in [1.82, 2.24) is 25.1 Å². The molecule has 2 aromatic heterocycles. The van der Waals surface area contributed by atoms with E-state index in [2.05, 4.69) is 22.0 Å². The molecule has 1 saturated heterocycles. The van der Waals surface area contributed by atoms with E-state index in [0.29, 0.717) is 18.8 Å². The average molecular weight is 326 g/mol. The molecule has 1 amide bonds. The molecule has 0 atom stereocenters. The van der Waals surface area contributed by atoms with Crippen LogP contribution in [0.4, 0.5) is 5.95 Å². The van der Waals surface area contributed by atoms with Crippen LogP contribution in [0.2, 0.25) is 0 Å². The Morgan fingerprint density at radius 1 is 1.12 bits per heavy atom. The van der Waals surface area contributed by atoms with Crippen molar-refractivity contribution in [2.75, 3.05) is 31.1 Å². The number of amides is 1. The van der Waals surface area contributed by atoms with Gasteiger partial charge in [-0.25, -0.2) is 9.97 Å². The summed E-state index contributed by atoms with van der Waals surface area (Å²) < 4.78 is 0. The molecule has 0 spiro atoms. The smallest absolute Gasteiger partial charge is 0.271 e. The summed E-state index contributed by atoms with van der Waals surface area (Å²) in [5, 5.41) is 6.63. The van der Waals surface area contributed by atoms with Gasteiger partial charge in [0.2, 0.25) is 5.95 Å². The lowest BCUT2D eigenvalue weighted by molar-refractivity contribution is 0.0757. The van der Waals surface area contributed by atoms with Gasteiger partial charge in [-0.2, -0.15) is 5.10 Å². The van der Waals surface area contributed by atoms with E-state index < -0.39 is 0 Å². The standard InChI is InChI=1S/C17H22N6O/c1-12-13-5-10-22(16(24)15-4-7-18-21-15)11-6-14(13)20-17(19-12)23-8-2-3-9-23/h4,7H,2-3,5-6,8-11H2,1H3,(H,18,21). The summed E-state index contributed by atoms with van der Waals surface area (Å²) in [5.41, 5.74) is 3.90. The molecule has 7 heteroatoms. The number of carbonyl (C=O) groups excluding carboxylic acids is 1. The number of H-pyrrole nitrogens is 1. The molecule has 0 saturated carbocycles. The molecule has 126 valence electrons. The van der Waals surface area contributed by atoms with Gasteiger partial charge < -0.3 is 9.80 Å². The molecule has 7 nitrogen and oxygen atoms in total. The molecule has 1 N–H and O–H groups in total. The van der Waals surface area contributed by atoms with E-state index in [1.807, 2.05) is 4.90 Å². The Morgan fingerprint density at radius 2 is 1.92 bits per heavy atom. The second kappa shape index (κ2) is 6.22. The van der Waals surface area contributed by atoms with Crippen molar-refractivity contribution >= 4 is 11.9 Å². The molecular weight excluding hydrogens is 304 g/mol. The average Bonchev–Trinajstić information content (AvgIpc) is 3.25. The SMILES string of the molecule is Cc1nc(N2CCCC2)nc2c1CCN(C(=O)c1ccn[nH]1)CC2. The number of hydrogen-bond donors (Lipinski definition) is 1. The van der Waals surface area contributed by atoms with Crippen LogP contribution in [0.5, 0.6) is 0 Å². The van der Waals surface area contributed by atoms with Crippen LogP contribution >= 0.6 is 0 Å². The summed E-state index contributed by atoms with van der Waals surface area (Å²) in [6.45, 7) is 5.52. The highest BCUT2D eigenvalue weighted by atomic mass is 16.2. The minimum absolute atomic E-state index is 0.00526. The summed E-state index contributed by atoms with van der Waals surface area (Å²) in [6, 6.07) is 1.72. The maximum absolute atomic E-state index is 12.5. The number of aromatic nitrogens is 4. The molecule has 4 heterocycles. The largest absolute Gasteiger partial charge is 0.341 e. The zero-order chi connectivity index (χ0) is 16.5. The lowest BCUT2D eigenvalue weighted by Crippen LogP contribution is -2.33. The highest BCUT2D eigenvalue weighted by Gasteiger charge is 2.24. The minimum Gasteiger partial charge on any atom is -0.341 e. The Balaban J connectivity index is 1.56. The highest BCUT2D eigenvalue weighted by Crippen LogP contribution is 2.23. The summed E-state index contributed by atoms with van der Waals surface area (Å²) in [4.78, 5) is 26.2. The number of rotatable bonds is 2. The van der Waals surface area contributed by atoms with Gasteiger partial charge >= 0.3 is 0 Å². The van der Waals surface area contributed by atoms with Crippen molar-refractivity contribution in [3.05, 3.63) is 34.9 Å². The molecule has 0 radical (unpaired) electrons. The molecule has 1 fully saturated rings. The first-order valence-corrected chi connectivity index (χ1v) is 8.62. The van der Waals surface area contributed by atoms with Crippen molar-refractivity contribution in [2.45, 2.75) is 32.6 Å². The monoisotopic (exact) mass is 326 g/mol. The van der Waals surface area contributed by atoms with Crippen LogP contribution in [0, 0.1) is 6.92 Å². The zero-order valence-electron chi connectivity index (χ0n) is 14.0. The number of nitrogens with one attached hydrogen (secondary N) is 1. The van der Waals surface area contributed by atoms with Gasteiger partial charge in [-0.3, -0.25) is 9.89 Å². The Bertz CT molecular complexity index is 736. The van der Waals surface area contributed by atoms with Crippen LogP contribution in [0.15, 0.2) is 12.3 Å². The molecule has 0 unspecified atom stereocenters. The zero-order valence-corrected chi connectivity index (χ0v) is 14.0. The third kappa shape index (κ3) is 2.74. The molecule has 24 heavy (non-hydrogen) atoms. The van der Waals surface area contributed by atoms with Gasteiger partial charge in [0.05, 0.1) is 5.69 Å². The molecule has 2 aliphatic rings. The van der Waals surface area contributed by atoms with Crippen LogP contribution < -0.4 is 4.90 Å². The minimum atomic E-state index is 0.00526. The third-order valence-corrected chi connectivity index (χ3v) is 4.95. The van der Waals surface area contributed by atoms with E-state index in [1.54, 1.807) is 12.3 Å². The Morgan fingerprint density at radius 3 is 2.67 bits per heavy atom. The first kappa shape index (κ1) is 15.1. The number of fused-ring (bicyclic) bond motifs is 1. The number of anilines is 1. The number of aromatic amines is 1. The molecule has 2 aromatic rings. The quantitative estimate of drug-likeness (QED) is 0.901.